The number of hydrogen-bond donors (Lipinski definition) is 0. The van der Waals surface area contributed by atoms with Gasteiger partial charge in [-0.05, 0) is 30.2 Å². The van der Waals surface area contributed by atoms with Gasteiger partial charge in [0.25, 0.3) is 5.91 Å². The molecule has 8 heteroatoms. The fourth-order valence-electron chi connectivity index (χ4n) is 4.16. The molecule has 0 aromatic heterocycles. The van der Waals surface area contributed by atoms with Crippen LogP contribution in [-0.2, 0) is 14.8 Å². The molecule has 0 N–H and O–H groups in total. The van der Waals surface area contributed by atoms with Gasteiger partial charge in [-0.2, -0.15) is 4.31 Å². The minimum absolute atomic E-state index is 0.118. The van der Waals surface area contributed by atoms with Gasteiger partial charge in [-0.15, -0.1) is 0 Å². The number of carbonyl (C=O) groups excluding carboxylic acids is 1. The third-order valence-corrected chi connectivity index (χ3v) is 8.20. The highest BCUT2D eigenvalue weighted by Crippen LogP contribution is 2.23. The van der Waals surface area contributed by atoms with E-state index in [-0.39, 0.29) is 10.8 Å². The van der Waals surface area contributed by atoms with Crippen molar-refractivity contribution in [2.45, 2.75) is 11.8 Å². The molecule has 0 atom stereocenters. The van der Waals surface area contributed by atoms with Crippen LogP contribution in [0.1, 0.15) is 21.5 Å². The average Bonchev–Trinajstić information content (AvgIpc) is 2.85. The van der Waals surface area contributed by atoms with Crippen molar-refractivity contribution in [3.05, 3.63) is 71.3 Å². The van der Waals surface area contributed by atoms with Crippen molar-refractivity contribution in [1.29, 1.82) is 0 Å². The summed E-state index contributed by atoms with van der Waals surface area (Å²) in [5, 5.41) is 0. The van der Waals surface area contributed by atoms with Gasteiger partial charge in [0.2, 0.25) is 10.0 Å². The second-order valence-corrected chi connectivity index (χ2v) is 10.3. The van der Waals surface area contributed by atoms with Gasteiger partial charge in [-0.25, -0.2) is 8.42 Å². The first-order valence-corrected chi connectivity index (χ1v) is 12.8. The molecular weight excluding hydrogens is 438 g/mol. The molecule has 33 heavy (non-hydrogen) atoms. The van der Waals surface area contributed by atoms with Gasteiger partial charge >= 0.3 is 0 Å². The summed E-state index contributed by atoms with van der Waals surface area (Å²) in [6.07, 6.45) is 4.26. The van der Waals surface area contributed by atoms with Crippen molar-refractivity contribution >= 4 is 22.0 Å². The fraction of sp³-hybridized carbons (Fsp3) is 0.400. The summed E-state index contributed by atoms with van der Waals surface area (Å²) in [6.45, 7) is 6.87. The van der Waals surface area contributed by atoms with E-state index < -0.39 is 10.0 Å². The Morgan fingerprint density at radius 3 is 2.36 bits per heavy atom. The van der Waals surface area contributed by atoms with Crippen LogP contribution in [0.4, 0.5) is 0 Å². The number of benzene rings is 2. The summed E-state index contributed by atoms with van der Waals surface area (Å²) in [5.74, 6) is -0.118. The first-order valence-electron chi connectivity index (χ1n) is 11.4. The van der Waals surface area contributed by atoms with E-state index in [2.05, 4.69) is 29.2 Å². The predicted molar refractivity (Wildman–Crippen MR) is 129 cm³/mol. The van der Waals surface area contributed by atoms with Crippen molar-refractivity contribution < 1.29 is 17.9 Å². The molecule has 2 aliphatic heterocycles. The maximum Gasteiger partial charge on any atom is 0.253 e. The Morgan fingerprint density at radius 2 is 1.67 bits per heavy atom. The highest BCUT2D eigenvalue weighted by atomic mass is 32.2. The fourth-order valence-corrected chi connectivity index (χ4v) is 5.81. The molecule has 0 aliphatic carbocycles. The van der Waals surface area contributed by atoms with Crippen LogP contribution in [0.5, 0.6) is 0 Å². The first kappa shape index (κ1) is 23.6. The number of nitrogens with zero attached hydrogens (tertiary/aromatic N) is 3. The van der Waals surface area contributed by atoms with Crippen LogP contribution in [0.3, 0.4) is 0 Å². The zero-order valence-corrected chi connectivity index (χ0v) is 19.8. The highest BCUT2D eigenvalue weighted by Gasteiger charge is 2.29. The summed E-state index contributed by atoms with van der Waals surface area (Å²) < 4.78 is 33.0. The molecule has 0 radical (unpaired) electrons. The third-order valence-electron chi connectivity index (χ3n) is 6.16. The SMILES string of the molecule is Cc1ccc(C(=O)N2CCN(C/C=C/c3ccccc3)CC2)cc1S(=O)(=O)N1CCOCC1. The summed E-state index contributed by atoms with van der Waals surface area (Å²) in [5.41, 5.74) is 2.24. The van der Waals surface area contributed by atoms with Crippen LogP contribution in [0.15, 0.2) is 59.5 Å². The predicted octanol–water partition coefficient (Wildman–Crippen LogP) is 2.49. The molecule has 7 nitrogen and oxygen atoms in total. The Bertz CT molecular complexity index is 1090. The standard InChI is InChI=1S/C25H31N3O4S/c1-21-9-10-23(20-24(21)33(30,31)28-16-18-32-19-17-28)25(29)27-14-12-26(13-15-27)11-5-8-22-6-3-2-4-7-22/h2-10,20H,11-19H2,1H3/b8-5+. The summed E-state index contributed by atoms with van der Waals surface area (Å²) >= 11 is 0. The van der Waals surface area contributed by atoms with Gasteiger partial charge in [-0.1, -0.05) is 48.6 Å². The van der Waals surface area contributed by atoms with E-state index >= 15 is 0 Å². The lowest BCUT2D eigenvalue weighted by molar-refractivity contribution is 0.0650. The van der Waals surface area contributed by atoms with E-state index in [0.29, 0.717) is 50.5 Å². The Hall–Kier alpha value is -2.52. The molecule has 0 bridgehead atoms. The monoisotopic (exact) mass is 469 g/mol. The lowest BCUT2D eigenvalue weighted by Gasteiger charge is -2.34. The second-order valence-electron chi connectivity index (χ2n) is 8.40. The molecule has 0 spiro atoms. The van der Waals surface area contributed by atoms with Crippen molar-refractivity contribution in [1.82, 2.24) is 14.1 Å². The smallest absolute Gasteiger partial charge is 0.253 e. The Balaban J connectivity index is 1.38. The Labute approximate surface area is 196 Å². The minimum Gasteiger partial charge on any atom is -0.379 e. The largest absolute Gasteiger partial charge is 0.379 e. The van der Waals surface area contributed by atoms with Crippen molar-refractivity contribution in [2.24, 2.45) is 0 Å². The molecule has 2 fully saturated rings. The molecular formula is C25H31N3O4S. The van der Waals surface area contributed by atoms with Crippen LogP contribution in [-0.4, -0.2) is 87.5 Å². The molecule has 176 valence electrons. The molecule has 1 amide bonds. The van der Waals surface area contributed by atoms with E-state index in [1.807, 2.05) is 23.1 Å². The van der Waals surface area contributed by atoms with Crippen molar-refractivity contribution in [3.63, 3.8) is 0 Å². The van der Waals surface area contributed by atoms with Crippen molar-refractivity contribution in [3.8, 4) is 0 Å². The molecule has 2 saturated heterocycles. The number of carbonyl (C=O) groups is 1. The number of morpholine rings is 1. The lowest BCUT2D eigenvalue weighted by atomic mass is 10.1. The Kier molecular flexibility index (Phi) is 7.60. The van der Waals surface area contributed by atoms with E-state index in [4.69, 9.17) is 4.74 Å². The van der Waals surface area contributed by atoms with Crippen LogP contribution >= 0.6 is 0 Å². The maximum absolute atomic E-state index is 13.1. The topological polar surface area (TPSA) is 70.2 Å². The number of ether oxygens (including phenoxy) is 1. The van der Waals surface area contributed by atoms with E-state index in [1.54, 1.807) is 19.1 Å². The summed E-state index contributed by atoms with van der Waals surface area (Å²) in [7, 11) is -3.65. The molecule has 2 aromatic carbocycles. The lowest BCUT2D eigenvalue weighted by Crippen LogP contribution is -2.48. The molecule has 2 heterocycles. The maximum atomic E-state index is 13.1. The summed E-state index contributed by atoms with van der Waals surface area (Å²) in [4.78, 5) is 17.5. The van der Waals surface area contributed by atoms with Gasteiger partial charge in [0.05, 0.1) is 18.1 Å². The summed E-state index contributed by atoms with van der Waals surface area (Å²) in [6, 6.07) is 15.2. The molecule has 0 saturated carbocycles. The van der Waals surface area contributed by atoms with E-state index in [9.17, 15) is 13.2 Å². The van der Waals surface area contributed by atoms with Crippen LogP contribution in [0.25, 0.3) is 6.08 Å². The minimum atomic E-state index is -3.65. The molecule has 4 rings (SSSR count). The van der Waals surface area contributed by atoms with Gasteiger partial charge in [0.15, 0.2) is 0 Å². The van der Waals surface area contributed by atoms with Crippen LogP contribution in [0, 0.1) is 6.92 Å². The van der Waals surface area contributed by atoms with Gasteiger partial charge < -0.3 is 9.64 Å². The highest BCUT2D eigenvalue weighted by molar-refractivity contribution is 7.89. The number of aryl methyl sites for hydroxylation is 1. The number of piperazine rings is 1. The number of rotatable bonds is 6. The van der Waals surface area contributed by atoms with E-state index in [0.717, 1.165) is 19.6 Å². The van der Waals surface area contributed by atoms with Crippen molar-refractivity contribution in [2.75, 3.05) is 59.0 Å². The zero-order chi connectivity index (χ0) is 23.3. The third kappa shape index (κ3) is 5.70. The Morgan fingerprint density at radius 1 is 0.970 bits per heavy atom. The molecule has 0 unspecified atom stereocenters. The quantitative estimate of drug-likeness (QED) is 0.650. The van der Waals surface area contributed by atoms with Gasteiger partial charge in [-0.3, -0.25) is 9.69 Å². The van der Waals surface area contributed by atoms with E-state index in [1.165, 1.54) is 15.9 Å². The molecule has 2 aliphatic rings. The van der Waals surface area contributed by atoms with Gasteiger partial charge in [0, 0.05) is 51.4 Å². The number of hydrogen-bond acceptors (Lipinski definition) is 5. The van der Waals surface area contributed by atoms with Crippen LogP contribution < -0.4 is 0 Å². The normalized spacial score (nSPS) is 18.6. The molecule has 2 aromatic rings. The first-order chi connectivity index (χ1) is 15.9. The average molecular weight is 470 g/mol. The number of amides is 1. The second kappa shape index (κ2) is 10.6. The zero-order valence-electron chi connectivity index (χ0n) is 19.0. The number of sulfonamides is 1. The van der Waals surface area contributed by atoms with Crippen LogP contribution in [0.2, 0.25) is 0 Å². The van der Waals surface area contributed by atoms with Gasteiger partial charge in [0.1, 0.15) is 0 Å².